The highest BCUT2D eigenvalue weighted by Crippen LogP contribution is 2.13. The molecule has 102 valence electrons. The number of amides is 1. The average molecular weight is 270 g/mol. The molecule has 1 amide bonds. The van der Waals surface area contributed by atoms with Crippen molar-refractivity contribution in [1.82, 2.24) is 0 Å². The van der Waals surface area contributed by atoms with Gasteiger partial charge in [-0.2, -0.15) is 0 Å². The zero-order valence-corrected chi connectivity index (χ0v) is 10.5. The van der Waals surface area contributed by atoms with Gasteiger partial charge >= 0.3 is 0 Å². The molecule has 0 aliphatic heterocycles. The van der Waals surface area contributed by atoms with Gasteiger partial charge in [0.2, 0.25) is 0 Å². The molecule has 5 nitrogen and oxygen atoms in total. The van der Waals surface area contributed by atoms with E-state index < -0.39 is 5.97 Å². The molecular formula is C15H12NO4-. The highest BCUT2D eigenvalue weighted by atomic mass is 16.5. The van der Waals surface area contributed by atoms with Crippen LogP contribution in [0.25, 0.3) is 0 Å². The minimum absolute atomic E-state index is 0.00553. The van der Waals surface area contributed by atoms with Crippen LogP contribution >= 0.6 is 0 Å². The predicted molar refractivity (Wildman–Crippen MR) is 71.3 cm³/mol. The van der Waals surface area contributed by atoms with Gasteiger partial charge in [0.05, 0.1) is 5.97 Å². The highest BCUT2D eigenvalue weighted by Gasteiger charge is 2.04. The van der Waals surface area contributed by atoms with Crippen LogP contribution < -0.4 is 15.2 Å². The van der Waals surface area contributed by atoms with Crippen LogP contribution in [0.2, 0.25) is 0 Å². The molecule has 0 aromatic heterocycles. The van der Waals surface area contributed by atoms with Crippen LogP contribution in [-0.4, -0.2) is 18.5 Å². The number of benzene rings is 2. The van der Waals surface area contributed by atoms with Crippen molar-refractivity contribution in [3.63, 3.8) is 0 Å². The van der Waals surface area contributed by atoms with Crippen molar-refractivity contribution in [2.45, 2.75) is 0 Å². The van der Waals surface area contributed by atoms with Gasteiger partial charge in [0.25, 0.3) is 5.91 Å². The Kier molecular flexibility index (Phi) is 4.34. The van der Waals surface area contributed by atoms with E-state index in [1.54, 1.807) is 30.3 Å². The van der Waals surface area contributed by atoms with Crippen LogP contribution in [0, 0.1) is 0 Å². The SMILES string of the molecule is O=C(COc1cccc(C(=O)[O-])c1)Nc1ccccc1. The third-order valence-electron chi connectivity index (χ3n) is 2.50. The molecule has 0 atom stereocenters. The lowest BCUT2D eigenvalue weighted by atomic mass is 10.2. The fourth-order valence-electron chi connectivity index (χ4n) is 1.58. The van der Waals surface area contributed by atoms with Gasteiger partial charge in [0.1, 0.15) is 5.75 Å². The molecular weight excluding hydrogens is 258 g/mol. The summed E-state index contributed by atoms with van der Waals surface area (Å²) in [5, 5.41) is 13.3. The molecule has 0 aliphatic rings. The first-order valence-electron chi connectivity index (χ1n) is 5.94. The maximum Gasteiger partial charge on any atom is 0.262 e. The monoisotopic (exact) mass is 270 g/mol. The van der Waals surface area contributed by atoms with Gasteiger partial charge in [-0.25, -0.2) is 0 Å². The van der Waals surface area contributed by atoms with Crippen molar-refractivity contribution in [2.75, 3.05) is 11.9 Å². The molecule has 0 aliphatic carbocycles. The van der Waals surface area contributed by atoms with E-state index in [0.717, 1.165) is 0 Å². The maximum atomic E-state index is 11.6. The smallest absolute Gasteiger partial charge is 0.262 e. The number of nitrogens with one attached hydrogen (secondary N) is 1. The topological polar surface area (TPSA) is 78.5 Å². The first kappa shape index (κ1) is 13.6. The maximum absolute atomic E-state index is 11.6. The lowest BCUT2D eigenvalue weighted by Crippen LogP contribution is -2.22. The van der Waals surface area contributed by atoms with Crippen LogP contribution in [0.4, 0.5) is 5.69 Å². The number of anilines is 1. The Bertz CT molecular complexity index is 610. The van der Waals surface area contributed by atoms with Gasteiger partial charge in [0.15, 0.2) is 6.61 Å². The first-order valence-corrected chi connectivity index (χ1v) is 5.94. The van der Waals surface area contributed by atoms with Crippen LogP contribution in [-0.2, 0) is 4.79 Å². The molecule has 5 heteroatoms. The van der Waals surface area contributed by atoms with Crippen molar-refractivity contribution in [1.29, 1.82) is 0 Å². The number of ether oxygens (including phenoxy) is 1. The van der Waals surface area contributed by atoms with Gasteiger partial charge < -0.3 is 20.0 Å². The number of carboxylic acids is 1. The van der Waals surface area contributed by atoms with Crippen LogP contribution in [0.15, 0.2) is 54.6 Å². The summed E-state index contributed by atoms with van der Waals surface area (Å²) >= 11 is 0. The first-order chi connectivity index (χ1) is 9.65. The Hall–Kier alpha value is -2.82. The molecule has 0 bridgehead atoms. The molecule has 0 saturated carbocycles. The Morgan fingerprint density at radius 3 is 2.50 bits per heavy atom. The molecule has 2 rings (SSSR count). The number of carbonyl (C=O) groups is 2. The molecule has 1 N–H and O–H groups in total. The normalized spacial score (nSPS) is 9.80. The minimum Gasteiger partial charge on any atom is -0.545 e. The summed E-state index contributed by atoms with van der Waals surface area (Å²) in [6.45, 7) is -0.203. The number of carbonyl (C=O) groups excluding carboxylic acids is 2. The molecule has 0 saturated heterocycles. The zero-order chi connectivity index (χ0) is 14.4. The predicted octanol–water partition coefficient (Wildman–Crippen LogP) is 1.07. The summed E-state index contributed by atoms with van der Waals surface area (Å²) in [5.41, 5.74) is 0.676. The van der Waals surface area contributed by atoms with E-state index >= 15 is 0 Å². The van der Waals surface area contributed by atoms with Crippen LogP contribution in [0.3, 0.4) is 0 Å². The largest absolute Gasteiger partial charge is 0.545 e. The fourth-order valence-corrected chi connectivity index (χ4v) is 1.58. The summed E-state index contributed by atoms with van der Waals surface area (Å²) in [6.07, 6.45) is 0. The van der Waals surface area contributed by atoms with Gasteiger partial charge in [-0.1, -0.05) is 30.3 Å². The lowest BCUT2D eigenvalue weighted by Gasteiger charge is -2.09. The summed E-state index contributed by atoms with van der Waals surface area (Å²) in [7, 11) is 0. The van der Waals surface area contributed by atoms with E-state index in [0.29, 0.717) is 11.4 Å². The van der Waals surface area contributed by atoms with Crippen molar-refractivity contribution >= 4 is 17.6 Å². The lowest BCUT2D eigenvalue weighted by molar-refractivity contribution is -0.255. The Morgan fingerprint density at radius 1 is 1.05 bits per heavy atom. The van der Waals surface area contributed by atoms with E-state index in [9.17, 15) is 14.7 Å². The van der Waals surface area contributed by atoms with E-state index in [2.05, 4.69) is 5.32 Å². The third kappa shape index (κ3) is 3.84. The van der Waals surface area contributed by atoms with Crippen molar-refractivity contribution < 1.29 is 19.4 Å². The molecule has 2 aromatic carbocycles. The molecule has 0 spiro atoms. The fraction of sp³-hybridized carbons (Fsp3) is 0.0667. The molecule has 0 heterocycles. The van der Waals surface area contributed by atoms with Crippen molar-refractivity contribution in [3.8, 4) is 5.75 Å². The second-order valence-corrected chi connectivity index (χ2v) is 4.02. The minimum atomic E-state index is -1.29. The van der Waals surface area contributed by atoms with E-state index in [-0.39, 0.29) is 18.1 Å². The number of carboxylic acid groups (broad SMARTS) is 1. The standard InChI is InChI=1S/C15H13NO4/c17-14(16-12-6-2-1-3-7-12)10-20-13-8-4-5-11(9-13)15(18)19/h1-9H,10H2,(H,16,17)(H,18,19)/p-1. The number of rotatable bonds is 5. The zero-order valence-electron chi connectivity index (χ0n) is 10.5. The number of aromatic carboxylic acids is 1. The van der Waals surface area contributed by atoms with Gasteiger partial charge in [-0.05, 0) is 24.3 Å². The Balaban J connectivity index is 1.90. The molecule has 0 unspecified atom stereocenters. The van der Waals surface area contributed by atoms with E-state index in [1.807, 2.05) is 6.07 Å². The van der Waals surface area contributed by atoms with E-state index in [4.69, 9.17) is 4.74 Å². The molecule has 0 radical (unpaired) electrons. The Labute approximate surface area is 115 Å². The molecule has 20 heavy (non-hydrogen) atoms. The second-order valence-electron chi connectivity index (χ2n) is 4.02. The summed E-state index contributed by atoms with van der Waals surface area (Å²) in [4.78, 5) is 22.3. The molecule has 0 fully saturated rings. The van der Waals surface area contributed by atoms with Crippen molar-refractivity contribution in [3.05, 3.63) is 60.2 Å². The average Bonchev–Trinajstić information content (AvgIpc) is 2.46. The number of hydrogen-bond acceptors (Lipinski definition) is 4. The summed E-state index contributed by atoms with van der Waals surface area (Å²) in [6, 6.07) is 14.8. The summed E-state index contributed by atoms with van der Waals surface area (Å²) in [5.74, 6) is -1.31. The molecule has 2 aromatic rings. The van der Waals surface area contributed by atoms with Crippen LogP contribution in [0.5, 0.6) is 5.75 Å². The van der Waals surface area contributed by atoms with Gasteiger partial charge in [0, 0.05) is 11.3 Å². The Morgan fingerprint density at radius 2 is 1.80 bits per heavy atom. The summed E-state index contributed by atoms with van der Waals surface area (Å²) < 4.78 is 5.23. The van der Waals surface area contributed by atoms with Gasteiger partial charge in [-0.15, -0.1) is 0 Å². The quantitative estimate of drug-likeness (QED) is 0.881. The number of para-hydroxylation sites is 1. The van der Waals surface area contributed by atoms with Crippen molar-refractivity contribution in [2.24, 2.45) is 0 Å². The van der Waals surface area contributed by atoms with Crippen LogP contribution in [0.1, 0.15) is 10.4 Å². The van der Waals surface area contributed by atoms with Gasteiger partial charge in [-0.3, -0.25) is 4.79 Å². The second kappa shape index (κ2) is 6.38. The third-order valence-corrected chi connectivity index (χ3v) is 2.50. The van der Waals surface area contributed by atoms with E-state index in [1.165, 1.54) is 18.2 Å². The number of hydrogen-bond donors (Lipinski definition) is 1. The highest BCUT2D eigenvalue weighted by molar-refractivity contribution is 5.91.